The zero-order chi connectivity index (χ0) is 19.7. The van der Waals surface area contributed by atoms with Crippen LogP contribution in [0.2, 0.25) is 10.0 Å². The zero-order valence-corrected chi connectivity index (χ0v) is 17.6. The Hall–Kier alpha value is -2.08. The number of anilines is 2. The molecule has 0 amide bonds. The molecule has 2 aromatic carbocycles. The van der Waals surface area contributed by atoms with Gasteiger partial charge in [0.25, 0.3) is 0 Å². The van der Waals surface area contributed by atoms with E-state index in [0.29, 0.717) is 5.02 Å². The molecule has 1 aromatic heterocycles. The minimum atomic E-state index is 0.670. The quantitative estimate of drug-likeness (QED) is 0.633. The Labute approximate surface area is 175 Å². The molecule has 1 aliphatic heterocycles. The maximum Gasteiger partial charge on any atom is 0.227 e. The van der Waals surface area contributed by atoms with Gasteiger partial charge in [-0.1, -0.05) is 41.4 Å². The normalized spacial score (nSPS) is 15.2. The van der Waals surface area contributed by atoms with Gasteiger partial charge in [-0.3, -0.25) is 4.90 Å². The molecule has 0 saturated carbocycles. The van der Waals surface area contributed by atoms with Crippen LogP contribution < -0.4 is 9.80 Å². The highest BCUT2D eigenvalue weighted by molar-refractivity contribution is 6.35. The van der Waals surface area contributed by atoms with E-state index in [9.17, 15) is 0 Å². The molecule has 7 heteroatoms. The predicted octanol–water partition coefficient (Wildman–Crippen LogP) is 4.32. The van der Waals surface area contributed by atoms with Crippen LogP contribution in [0.15, 0.2) is 42.5 Å². The van der Waals surface area contributed by atoms with E-state index in [2.05, 4.69) is 15.9 Å². The molecule has 0 bridgehead atoms. The summed E-state index contributed by atoms with van der Waals surface area (Å²) in [7, 11) is 4.04. The van der Waals surface area contributed by atoms with Crippen molar-refractivity contribution >= 4 is 45.9 Å². The lowest BCUT2D eigenvalue weighted by molar-refractivity contribution is 0.249. The summed E-state index contributed by atoms with van der Waals surface area (Å²) < 4.78 is 0. The maximum atomic E-state index is 6.33. The van der Waals surface area contributed by atoms with E-state index in [-0.39, 0.29) is 0 Å². The standard InChI is InChI=1S/C21H23Cl2N5/c1-26(2)20-17-5-3-4-6-19(17)24-21(25-20)28-11-9-27(10-12-28)14-15-7-8-16(22)13-18(15)23/h3-8,13H,9-12,14H2,1-2H3. The summed E-state index contributed by atoms with van der Waals surface area (Å²) in [6.07, 6.45) is 0. The number of hydrogen-bond donors (Lipinski definition) is 0. The number of piperazine rings is 1. The van der Waals surface area contributed by atoms with Crippen LogP contribution in [-0.2, 0) is 6.54 Å². The molecule has 2 heterocycles. The van der Waals surface area contributed by atoms with Gasteiger partial charge < -0.3 is 9.80 Å². The summed E-state index contributed by atoms with van der Waals surface area (Å²) in [5.74, 6) is 1.75. The van der Waals surface area contributed by atoms with Crippen LogP contribution >= 0.6 is 23.2 Å². The highest BCUT2D eigenvalue weighted by Gasteiger charge is 2.21. The van der Waals surface area contributed by atoms with Gasteiger partial charge in [0.15, 0.2) is 0 Å². The first-order valence-corrected chi connectivity index (χ1v) is 10.1. The number of hydrogen-bond acceptors (Lipinski definition) is 5. The molecule has 146 valence electrons. The number of aromatic nitrogens is 2. The lowest BCUT2D eigenvalue weighted by Gasteiger charge is -2.35. The van der Waals surface area contributed by atoms with Crippen molar-refractivity contribution in [3.05, 3.63) is 58.1 Å². The molecule has 0 aliphatic carbocycles. The number of benzene rings is 2. The number of halogens is 2. The third kappa shape index (κ3) is 4.02. The Morgan fingerprint density at radius 2 is 1.71 bits per heavy atom. The maximum absolute atomic E-state index is 6.33. The predicted molar refractivity (Wildman–Crippen MR) is 118 cm³/mol. The second-order valence-electron chi connectivity index (χ2n) is 7.26. The van der Waals surface area contributed by atoms with Crippen LogP contribution in [0.4, 0.5) is 11.8 Å². The Morgan fingerprint density at radius 3 is 2.43 bits per heavy atom. The molecule has 4 rings (SSSR count). The average molecular weight is 416 g/mol. The molecule has 0 spiro atoms. The summed E-state index contributed by atoms with van der Waals surface area (Å²) in [5.41, 5.74) is 2.09. The largest absolute Gasteiger partial charge is 0.362 e. The van der Waals surface area contributed by atoms with Crippen LogP contribution in [0.3, 0.4) is 0 Å². The molecule has 5 nitrogen and oxygen atoms in total. The monoisotopic (exact) mass is 415 g/mol. The van der Waals surface area contributed by atoms with Crippen molar-refractivity contribution in [3.8, 4) is 0 Å². The summed E-state index contributed by atoms with van der Waals surface area (Å²) in [5, 5.41) is 2.47. The van der Waals surface area contributed by atoms with Gasteiger partial charge in [0.05, 0.1) is 5.52 Å². The van der Waals surface area contributed by atoms with Gasteiger partial charge in [0.1, 0.15) is 5.82 Å². The van der Waals surface area contributed by atoms with Crippen LogP contribution in [0.5, 0.6) is 0 Å². The second-order valence-corrected chi connectivity index (χ2v) is 8.10. The van der Waals surface area contributed by atoms with E-state index >= 15 is 0 Å². The van der Waals surface area contributed by atoms with Crippen molar-refractivity contribution in [2.45, 2.75) is 6.54 Å². The van der Waals surface area contributed by atoms with Crippen molar-refractivity contribution in [1.82, 2.24) is 14.9 Å². The van der Waals surface area contributed by atoms with Crippen molar-refractivity contribution in [2.75, 3.05) is 50.1 Å². The fourth-order valence-electron chi connectivity index (χ4n) is 3.53. The first-order valence-electron chi connectivity index (χ1n) is 9.36. The minimum absolute atomic E-state index is 0.670. The van der Waals surface area contributed by atoms with Crippen LogP contribution in [0.1, 0.15) is 5.56 Å². The molecule has 0 radical (unpaired) electrons. The number of para-hydroxylation sites is 1. The highest BCUT2D eigenvalue weighted by Crippen LogP contribution is 2.26. The molecular formula is C21H23Cl2N5. The molecule has 0 unspecified atom stereocenters. The lowest BCUT2D eigenvalue weighted by atomic mass is 10.2. The van der Waals surface area contributed by atoms with Crippen molar-refractivity contribution in [1.29, 1.82) is 0 Å². The molecule has 28 heavy (non-hydrogen) atoms. The van der Waals surface area contributed by atoms with Gasteiger partial charge in [-0.2, -0.15) is 4.98 Å². The fourth-order valence-corrected chi connectivity index (χ4v) is 4.00. The second kappa shape index (κ2) is 8.11. The molecular weight excluding hydrogens is 393 g/mol. The number of rotatable bonds is 4. The van der Waals surface area contributed by atoms with Gasteiger partial charge in [-0.25, -0.2) is 4.98 Å². The summed E-state index contributed by atoms with van der Waals surface area (Å²) in [4.78, 5) is 16.4. The Morgan fingerprint density at radius 1 is 0.964 bits per heavy atom. The van der Waals surface area contributed by atoms with Gasteiger partial charge in [0.2, 0.25) is 5.95 Å². The zero-order valence-electron chi connectivity index (χ0n) is 16.1. The summed E-state index contributed by atoms with van der Waals surface area (Å²) >= 11 is 12.3. The summed E-state index contributed by atoms with van der Waals surface area (Å²) in [6.45, 7) is 4.47. The third-order valence-electron chi connectivity index (χ3n) is 5.06. The Balaban J connectivity index is 1.49. The van der Waals surface area contributed by atoms with Crippen molar-refractivity contribution < 1.29 is 0 Å². The topological polar surface area (TPSA) is 35.5 Å². The van der Waals surface area contributed by atoms with E-state index in [0.717, 1.165) is 66.0 Å². The fraction of sp³-hybridized carbons (Fsp3) is 0.333. The average Bonchev–Trinajstić information content (AvgIpc) is 2.69. The molecule has 1 saturated heterocycles. The van der Waals surface area contributed by atoms with Gasteiger partial charge >= 0.3 is 0 Å². The Bertz CT molecular complexity index is 984. The van der Waals surface area contributed by atoms with Gasteiger partial charge in [-0.15, -0.1) is 0 Å². The number of nitrogens with zero attached hydrogens (tertiary/aromatic N) is 5. The third-order valence-corrected chi connectivity index (χ3v) is 5.65. The minimum Gasteiger partial charge on any atom is -0.362 e. The van der Waals surface area contributed by atoms with E-state index in [1.54, 1.807) is 6.07 Å². The van der Waals surface area contributed by atoms with Crippen LogP contribution in [-0.4, -0.2) is 55.1 Å². The van der Waals surface area contributed by atoms with E-state index in [1.165, 1.54) is 0 Å². The SMILES string of the molecule is CN(C)c1nc(N2CCN(Cc3ccc(Cl)cc3Cl)CC2)nc2ccccc12. The molecule has 1 fully saturated rings. The van der Waals surface area contributed by atoms with Crippen molar-refractivity contribution in [2.24, 2.45) is 0 Å². The van der Waals surface area contributed by atoms with Gasteiger partial charge in [-0.05, 0) is 29.8 Å². The first-order chi connectivity index (χ1) is 13.5. The van der Waals surface area contributed by atoms with Crippen LogP contribution in [0.25, 0.3) is 10.9 Å². The molecule has 3 aromatic rings. The van der Waals surface area contributed by atoms with Gasteiger partial charge in [0, 0.05) is 62.3 Å². The smallest absolute Gasteiger partial charge is 0.227 e. The first kappa shape index (κ1) is 19.2. The van der Waals surface area contributed by atoms with Crippen molar-refractivity contribution in [3.63, 3.8) is 0 Å². The van der Waals surface area contributed by atoms with E-state index in [4.69, 9.17) is 33.2 Å². The van der Waals surface area contributed by atoms with E-state index in [1.807, 2.05) is 49.3 Å². The Kier molecular flexibility index (Phi) is 5.58. The summed E-state index contributed by atoms with van der Waals surface area (Å²) in [6, 6.07) is 13.9. The molecule has 0 atom stereocenters. The molecule has 0 N–H and O–H groups in total. The highest BCUT2D eigenvalue weighted by atomic mass is 35.5. The van der Waals surface area contributed by atoms with E-state index < -0.39 is 0 Å². The lowest BCUT2D eigenvalue weighted by Crippen LogP contribution is -2.46. The van der Waals surface area contributed by atoms with Crippen LogP contribution in [0, 0.1) is 0 Å². The molecule has 1 aliphatic rings. The number of fused-ring (bicyclic) bond motifs is 1.